The second-order valence-corrected chi connectivity index (χ2v) is 29.1. The Hall–Kier alpha value is -5.06. The van der Waals surface area contributed by atoms with E-state index in [4.69, 9.17) is 37.0 Å². The number of hydrogen-bond donors (Lipinski definition) is 3. The van der Waals surface area contributed by atoms with Crippen LogP contribution in [0.4, 0.5) is 0 Å². The molecular formula is C85H142O17P2. The SMILES string of the molecule is CC/C=C\C/C=C\C/C=C\C/C=C\C/C=C\CCCC(=O)OCC(COP(=O)(O)OCC(O)COP(=O)(O)OCC(COC(=O)CCCCCCCC/C=C\C/C=C\C/C=C\C/C=C\CC)OC(=O)CCCCCCC/C=C\C/C=C\CCCCC)OC(=O)CCCCCCC/C=C\CCCCCC. The van der Waals surface area contributed by atoms with Gasteiger partial charge in [0.25, 0.3) is 0 Å². The minimum Gasteiger partial charge on any atom is -0.462 e. The predicted octanol–water partition coefficient (Wildman–Crippen LogP) is 23.4. The molecule has 3 N–H and O–H groups in total. The third kappa shape index (κ3) is 75.2. The molecule has 0 aliphatic heterocycles. The standard InChI is InChI=1S/C85H142O17P2/c1-5-9-13-17-21-25-29-33-36-38-39-41-44-47-50-54-58-62-66-70-83(88)96-76-81(102-85(90)72-68-64-60-56-52-48-42-35-31-27-23-19-15-11-7-3)78-100-104(93,94)98-74-79(86)73-97-103(91,92)99-77-80(101-84(89)71-67-63-59-55-51-45-32-28-24-20-16-12-8-4)75-95-82(87)69-65-61-57-53-49-46-43-40-37-34-30-26-22-18-14-10-6-2/h9-10,13-14,21-23,25-28,32-37,39,41-43,46,53,57,79-81,86H,5-8,11-12,15-20,24,29-31,38,40,44-45,47-52,54-56,58-78H2,1-4H3,(H,91,92)(H,93,94)/b13-9-,14-10-,25-21-,26-22-,27-23-,32-28-,36-33-,37-34-,41-39-,42-35-,46-43-,57-53-. The summed E-state index contributed by atoms with van der Waals surface area (Å²) in [6.07, 6.45) is 86.9. The van der Waals surface area contributed by atoms with Crippen molar-refractivity contribution < 1.29 is 80.2 Å². The molecule has 0 aromatic heterocycles. The summed E-state index contributed by atoms with van der Waals surface area (Å²) in [5.41, 5.74) is 0. The van der Waals surface area contributed by atoms with Gasteiger partial charge in [0, 0.05) is 25.7 Å². The lowest BCUT2D eigenvalue weighted by Gasteiger charge is -2.21. The first-order valence-electron chi connectivity index (χ1n) is 40.1. The van der Waals surface area contributed by atoms with E-state index in [0.29, 0.717) is 32.1 Å². The molecule has 0 rings (SSSR count). The van der Waals surface area contributed by atoms with Crippen LogP contribution < -0.4 is 0 Å². The van der Waals surface area contributed by atoms with Crippen molar-refractivity contribution in [3.8, 4) is 0 Å². The van der Waals surface area contributed by atoms with Gasteiger partial charge in [0.15, 0.2) is 12.2 Å². The van der Waals surface area contributed by atoms with Crippen LogP contribution in [0.3, 0.4) is 0 Å². The van der Waals surface area contributed by atoms with Gasteiger partial charge in [-0.05, 0) is 161 Å². The zero-order valence-corrected chi connectivity index (χ0v) is 66.7. The van der Waals surface area contributed by atoms with Gasteiger partial charge in [-0.15, -0.1) is 0 Å². The lowest BCUT2D eigenvalue weighted by Crippen LogP contribution is -2.30. The summed E-state index contributed by atoms with van der Waals surface area (Å²) in [7, 11) is -9.99. The van der Waals surface area contributed by atoms with Crippen LogP contribution in [0.1, 0.15) is 310 Å². The highest BCUT2D eigenvalue weighted by molar-refractivity contribution is 7.47. The molecule has 5 atom stereocenters. The molecule has 0 spiro atoms. The zero-order chi connectivity index (χ0) is 76.0. The predicted molar refractivity (Wildman–Crippen MR) is 427 cm³/mol. The lowest BCUT2D eigenvalue weighted by atomic mass is 10.1. The largest absolute Gasteiger partial charge is 0.472 e. The number of phosphoric acid groups is 2. The summed E-state index contributed by atoms with van der Waals surface area (Å²) < 4.78 is 68.5. The zero-order valence-electron chi connectivity index (χ0n) is 64.9. The number of allylic oxidation sites excluding steroid dienone is 24. The molecule has 0 aromatic rings. The van der Waals surface area contributed by atoms with E-state index in [9.17, 15) is 43.2 Å². The first kappa shape index (κ1) is 98.9. The van der Waals surface area contributed by atoms with Gasteiger partial charge in [-0.25, -0.2) is 9.13 Å². The van der Waals surface area contributed by atoms with Gasteiger partial charge in [0.05, 0.1) is 26.4 Å². The molecule has 0 aliphatic carbocycles. The lowest BCUT2D eigenvalue weighted by molar-refractivity contribution is -0.161. The van der Waals surface area contributed by atoms with Gasteiger partial charge < -0.3 is 33.8 Å². The maximum absolute atomic E-state index is 13.1. The summed E-state index contributed by atoms with van der Waals surface area (Å²) in [5.74, 6) is -2.28. The summed E-state index contributed by atoms with van der Waals surface area (Å²) in [6.45, 7) is 4.50. The second kappa shape index (κ2) is 76.1. The van der Waals surface area contributed by atoms with E-state index in [1.54, 1.807) is 0 Å². The average molecular weight is 1500 g/mol. The molecule has 0 amide bonds. The Bertz CT molecular complexity index is 2540. The topological polar surface area (TPSA) is 237 Å². The van der Waals surface area contributed by atoms with Gasteiger partial charge in [-0.2, -0.15) is 0 Å². The van der Waals surface area contributed by atoms with E-state index in [-0.39, 0.29) is 25.7 Å². The maximum Gasteiger partial charge on any atom is 0.472 e. The van der Waals surface area contributed by atoms with Crippen LogP contribution in [0.25, 0.3) is 0 Å². The average Bonchev–Trinajstić information content (AvgIpc) is 0.918. The van der Waals surface area contributed by atoms with Crippen molar-refractivity contribution in [2.75, 3.05) is 39.6 Å². The molecule has 0 heterocycles. The van der Waals surface area contributed by atoms with Gasteiger partial charge >= 0.3 is 39.5 Å². The summed E-state index contributed by atoms with van der Waals surface area (Å²) in [4.78, 5) is 73.0. The van der Waals surface area contributed by atoms with Gasteiger partial charge in [-0.3, -0.25) is 37.3 Å². The number of hydrogen-bond acceptors (Lipinski definition) is 15. The summed E-state index contributed by atoms with van der Waals surface area (Å²) in [5, 5.41) is 10.6. The number of carbonyl (C=O) groups excluding carboxylic acids is 4. The van der Waals surface area contributed by atoms with E-state index in [0.717, 1.165) is 180 Å². The van der Waals surface area contributed by atoms with E-state index in [1.807, 2.05) is 12.2 Å². The number of phosphoric ester groups is 2. The highest BCUT2D eigenvalue weighted by atomic mass is 31.2. The number of rotatable bonds is 74. The Morgan fingerprint density at radius 3 is 0.837 bits per heavy atom. The molecule has 19 heteroatoms. The third-order valence-corrected chi connectivity index (χ3v) is 18.2. The fourth-order valence-corrected chi connectivity index (χ4v) is 11.8. The first-order valence-corrected chi connectivity index (χ1v) is 43.1. The summed E-state index contributed by atoms with van der Waals surface area (Å²) in [6, 6.07) is 0. The molecule has 104 heavy (non-hydrogen) atoms. The molecule has 0 saturated heterocycles. The van der Waals surface area contributed by atoms with Crippen molar-refractivity contribution in [1.82, 2.24) is 0 Å². The van der Waals surface area contributed by atoms with E-state index < -0.39 is 97.5 Å². The van der Waals surface area contributed by atoms with Crippen molar-refractivity contribution in [1.29, 1.82) is 0 Å². The van der Waals surface area contributed by atoms with Crippen LogP contribution in [0.2, 0.25) is 0 Å². The number of unbranched alkanes of at least 4 members (excludes halogenated alkanes) is 24. The Morgan fingerprint density at radius 1 is 0.279 bits per heavy atom. The van der Waals surface area contributed by atoms with Crippen molar-refractivity contribution in [2.24, 2.45) is 0 Å². The molecule has 0 aromatic carbocycles. The van der Waals surface area contributed by atoms with Crippen LogP contribution in [0.15, 0.2) is 146 Å². The van der Waals surface area contributed by atoms with E-state index in [1.165, 1.54) is 44.9 Å². The van der Waals surface area contributed by atoms with Crippen LogP contribution in [-0.4, -0.2) is 96.7 Å². The molecule has 0 bridgehead atoms. The number of carbonyl (C=O) groups is 4. The number of esters is 4. The molecular weight excluding hydrogens is 1350 g/mol. The normalized spacial score (nSPS) is 14.6. The van der Waals surface area contributed by atoms with E-state index in [2.05, 4.69) is 161 Å². The number of ether oxygens (including phenoxy) is 4. The van der Waals surface area contributed by atoms with Crippen LogP contribution >= 0.6 is 15.6 Å². The Kier molecular flexibility index (Phi) is 72.4. The Balaban J connectivity index is 5.42. The van der Waals surface area contributed by atoms with Crippen LogP contribution in [-0.2, 0) is 65.4 Å². The van der Waals surface area contributed by atoms with Gasteiger partial charge in [-0.1, -0.05) is 270 Å². The van der Waals surface area contributed by atoms with Gasteiger partial charge in [0.1, 0.15) is 19.3 Å². The number of aliphatic hydroxyl groups is 1. The molecule has 17 nitrogen and oxygen atoms in total. The monoisotopic (exact) mass is 1500 g/mol. The third-order valence-electron chi connectivity index (χ3n) is 16.3. The molecule has 0 saturated carbocycles. The minimum atomic E-state index is -5.00. The maximum atomic E-state index is 13.1. The minimum absolute atomic E-state index is 0.0688. The fraction of sp³-hybridized carbons (Fsp3) is 0.671. The van der Waals surface area contributed by atoms with Crippen molar-refractivity contribution >= 4 is 39.5 Å². The van der Waals surface area contributed by atoms with Crippen LogP contribution in [0, 0.1) is 0 Å². The molecule has 594 valence electrons. The second-order valence-electron chi connectivity index (χ2n) is 26.2. The van der Waals surface area contributed by atoms with Gasteiger partial charge in [0.2, 0.25) is 0 Å². The molecule has 0 radical (unpaired) electrons. The molecule has 5 unspecified atom stereocenters. The fourth-order valence-electron chi connectivity index (χ4n) is 10.2. The first-order chi connectivity index (χ1) is 50.7. The number of aliphatic hydroxyl groups excluding tert-OH is 1. The molecule has 0 aliphatic rings. The van der Waals surface area contributed by atoms with Crippen LogP contribution in [0.5, 0.6) is 0 Å². The summed E-state index contributed by atoms with van der Waals surface area (Å²) >= 11 is 0. The molecule has 0 fully saturated rings. The highest BCUT2D eigenvalue weighted by Crippen LogP contribution is 2.45. The Labute approximate surface area is 630 Å². The van der Waals surface area contributed by atoms with Crippen molar-refractivity contribution in [2.45, 2.75) is 329 Å². The van der Waals surface area contributed by atoms with Crippen molar-refractivity contribution in [3.63, 3.8) is 0 Å². The smallest absolute Gasteiger partial charge is 0.462 e. The quantitative estimate of drug-likeness (QED) is 0.0169. The van der Waals surface area contributed by atoms with Crippen molar-refractivity contribution in [3.05, 3.63) is 146 Å². The highest BCUT2D eigenvalue weighted by Gasteiger charge is 2.30. The van der Waals surface area contributed by atoms with E-state index >= 15 is 0 Å². The Morgan fingerprint density at radius 2 is 0.510 bits per heavy atom.